The quantitative estimate of drug-likeness (QED) is 0.283. The van der Waals surface area contributed by atoms with Crippen LogP contribution in [0.3, 0.4) is 0 Å². The van der Waals surface area contributed by atoms with Gasteiger partial charge in [-0.05, 0) is 61.4 Å². The number of rotatable bonds is 6. The van der Waals surface area contributed by atoms with Gasteiger partial charge in [-0.15, -0.1) is 0 Å². The third-order valence-electron chi connectivity index (χ3n) is 6.04. The molecule has 0 fully saturated rings. The number of benzene rings is 2. The lowest BCUT2D eigenvalue weighted by atomic mass is 9.92. The summed E-state index contributed by atoms with van der Waals surface area (Å²) in [4.78, 5) is 10.6. The highest BCUT2D eigenvalue weighted by molar-refractivity contribution is 5.44. The van der Waals surface area contributed by atoms with Crippen molar-refractivity contribution in [2.75, 3.05) is 0 Å². The average Bonchev–Trinajstić information content (AvgIpc) is 3.55. The van der Waals surface area contributed by atoms with E-state index in [-0.39, 0.29) is 11.8 Å². The largest absolute Gasteiger partial charge is 0.364 e. The highest BCUT2D eigenvalue weighted by Crippen LogP contribution is 2.35. The summed E-state index contributed by atoms with van der Waals surface area (Å²) in [6.07, 6.45) is 3.99. The van der Waals surface area contributed by atoms with Gasteiger partial charge in [-0.25, -0.2) is 0 Å². The van der Waals surface area contributed by atoms with Crippen molar-refractivity contribution in [1.82, 2.24) is 15.0 Å². The number of H-pyrrole nitrogens is 3. The molecule has 0 saturated heterocycles. The molecular weight excluding hydrogens is 378 g/mol. The molecule has 5 rings (SSSR count). The van der Waals surface area contributed by atoms with E-state index in [4.69, 9.17) is 0 Å². The molecule has 0 aliphatic rings. The van der Waals surface area contributed by atoms with Crippen LogP contribution in [0.25, 0.3) is 0 Å². The zero-order valence-corrected chi connectivity index (χ0v) is 17.9. The first-order valence-corrected chi connectivity index (χ1v) is 10.8. The van der Waals surface area contributed by atoms with E-state index in [0.717, 1.165) is 0 Å². The summed E-state index contributed by atoms with van der Waals surface area (Å²) in [5, 5.41) is 0. The van der Waals surface area contributed by atoms with Gasteiger partial charge in [0.2, 0.25) is 0 Å². The van der Waals surface area contributed by atoms with E-state index >= 15 is 0 Å². The second-order valence-corrected chi connectivity index (χ2v) is 8.31. The van der Waals surface area contributed by atoms with E-state index < -0.39 is 0 Å². The summed E-state index contributed by atoms with van der Waals surface area (Å²) >= 11 is 0. The van der Waals surface area contributed by atoms with Crippen molar-refractivity contribution in [3.8, 4) is 0 Å². The molecule has 2 atom stereocenters. The number of hydrogen-bond donors (Lipinski definition) is 3. The summed E-state index contributed by atoms with van der Waals surface area (Å²) in [5.41, 5.74) is 9.82. The first kappa shape index (κ1) is 19.3. The highest BCUT2D eigenvalue weighted by atomic mass is 14.8. The molecule has 0 aliphatic heterocycles. The van der Waals surface area contributed by atoms with Crippen molar-refractivity contribution in [3.63, 3.8) is 0 Å². The van der Waals surface area contributed by atoms with Crippen LogP contribution in [0.4, 0.5) is 0 Å². The van der Waals surface area contributed by atoms with Gasteiger partial charge < -0.3 is 15.0 Å². The SMILES string of the molecule is Cc1ccc(C(c2ccc[nH]2)c2ccc(C(c3ccc(C)cc3)c3ccc[nH]3)[nH]2)cc1. The fourth-order valence-corrected chi connectivity index (χ4v) is 4.39. The number of hydrogen-bond acceptors (Lipinski definition) is 0. The molecule has 0 aliphatic carbocycles. The molecule has 154 valence electrons. The molecule has 5 aromatic rings. The third-order valence-corrected chi connectivity index (χ3v) is 6.04. The topological polar surface area (TPSA) is 47.4 Å². The summed E-state index contributed by atoms with van der Waals surface area (Å²) in [5.74, 6) is 0.262. The van der Waals surface area contributed by atoms with Crippen LogP contribution < -0.4 is 0 Å². The fraction of sp³-hybridized carbons (Fsp3) is 0.143. The minimum Gasteiger partial charge on any atom is -0.364 e. The Morgan fingerprint density at radius 2 is 0.903 bits per heavy atom. The van der Waals surface area contributed by atoms with E-state index in [2.05, 4.69) is 114 Å². The molecule has 0 saturated carbocycles. The molecule has 3 heteroatoms. The molecule has 3 heterocycles. The van der Waals surface area contributed by atoms with Gasteiger partial charge in [0.15, 0.2) is 0 Å². The minimum atomic E-state index is 0.131. The molecule has 3 aromatic heterocycles. The molecule has 2 unspecified atom stereocenters. The Labute approximate surface area is 183 Å². The maximum absolute atomic E-state index is 3.78. The second-order valence-electron chi connectivity index (χ2n) is 8.31. The Bertz CT molecular complexity index is 1130. The number of aryl methyl sites for hydroxylation is 2. The van der Waals surface area contributed by atoms with E-state index in [0.29, 0.717) is 0 Å². The lowest BCUT2D eigenvalue weighted by molar-refractivity contribution is 0.851. The lowest BCUT2D eigenvalue weighted by Crippen LogP contribution is -2.07. The predicted octanol–water partition coefficient (Wildman–Crippen LogP) is 6.65. The molecule has 2 aromatic carbocycles. The number of aromatic amines is 3. The van der Waals surface area contributed by atoms with Crippen LogP contribution in [-0.2, 0) is 0 Å². The standard InChI is InChI=1S/C28H27N3/c1-19-7-11-21(12-8-19)27(23-5-3-17-29-23)25-15-16-26(31-25)28(24-6-4-18-30-24)22-13-9-20(2)10-14-22/h3-18,27-31H,1-2H3. The maximum Gasteiger partial charge on any atom is 0.0641 e. The van der Waals surface area contributed by atoms with Crippen molar-refractivity contribution >= 4 is 0 Å². The van der Waals surface area contributed by atoms with Crippen LogP contribution in [-0.4, -0.2) is 15.0 Å². The Kier molecular flexibility index (Phi) is 5.09. The van der Waals surface area contributed by atoms with Crippen molar-refractivity contribution in [3.05, 3.63) is 142 Å². The Balaban J connectivity index is 1.59. The van der Waals surface area contributed by atoms with Gasteiger partial charge in [0.1, 0.15) is 0 Å². The first-order chi connectivity index (χ1) is 15.2. The summed E-state index contributed by atoms with van der Waals surface area (Å²) in [6.45, 7) is 4.26. The van der Waals surface area contributed by atoms with Gasteiger partial charge in [0.25, 0.3) is 0 Å². The summed E-state index contributed by atoms with van der Waals surface area (Å²) in [6, 6.07) is 30.5. The van der Waals surface area contributed by atoms with E-state index in [1.54, 1.807) is 0 Å². The van der Waals surface area contributed by atoms with Crippen molar-refractivity contribution in [2.24, 2.45) is 0 Å². The van der Waals surface area contributed by atoms with Gasteiger partial charge >= 0.3 is 0 Å². The minimum absolute atomic E-state index is 0.131. The van der Waals surface area contributed by atoms with Gasteiger partial charge in [0.05, 0.1) is 11.8 Å². The van der Waals surface area contributed by atoms with Crippen LogP contribution in [0, 0.1) is 13.8 Å². The molecule has 0 bridgehead atoms. The van der Waals surface area contributed by atoms with E-state index in [9.17, 15) is 0 Å². The highest BCUT2D eigenvalue weighted by Gasteiger charge is 2.23. The van der Waals surface area contributed by atoms with Gasteiger partial charge in [-0.3, -0.25) is 0 Å². The van der Waals surface area contributed by atoms with Crippen molar-refractivity contribution < 1.29 is 0 Å². The van der Waals surface area contributed by atoms with Gasteiger partial charge in [-0.1, -0.05) is 59.7 Å². The molecule has 0 spiro atoms. The van der Waals surface area contributed by atoms with E-state index in [1.807, 2.05) is 12.4 Å². The van der Waals surface area contributed by atoms with Gasteiger partial charge in [-0.2, -0.15) is 0 Å². The molecule has 0 radical (unpaired) electrons. The van der Waals surface area contributed by atoms with Crippen molar-refractivity contribution in [2.45, 2.75) is 25.7 Å². The Hall–Kier alpha value is -3.72. The summed E-state index contributed by atoms with van der Waals surface area (Å²) < 4.78 is 0. The number of aromatic nitrogens is 3. The van der Waals surface area contributed by atoms with Gasteiger partial charge in [0, 0.05) is 35.2 Å². The smallest absolute Gasteiger partial charge is 0.0641 e. The normalized spacial score (nSPS) is 13.2. The zero-order valence-electron chi connectivity index (χ0n) is 17.9. The van der Waals surface area contributed by atoms with Crippen LogP contribution in [0.15, 0.2) is 97.3 Å². The van der Waals surface area contributed by atoms with Crippen LogP contribution in [0.1, 0.15) is 56.9 Å². The molecule has 3 N–H and O–H groups in total. The lowest BCUT2D eigenvalue weighted by Gasteiger charge is -2.18. The first-order valence-electron chi connectivity index (χ1n) is 10.8. The fourth-order valence-electron chi connectivity index (χ4n) is 4.39. The average molecular weight is 406 g/mol. The molecular formula is C28H27N3. The van der Waals surface area contributed by atoms with E-state index in [1.165, 1.54) is 45.0 Å². The Morgan fingerprint density at radius 1 is 0.484 bits per heavy atom. The molecule has 3 nitrogen and oxygen atoms in total. The molecule has 0 amide bonds. The van der Waals surface area contributed by atoms with Crippen LogP contribution in [0.2, 0.25) is 0 Å². The Morgan fingerprint density at radius 3 is 1.26 bits per heavy atom. The van der Waals surface area contributed by atoms with Crippen molar-refractivity contribution in [1.29, 1.82) is 0 Å². The third kappa shape index (κ3) is 3.87. The van der Waals surface area contributed by atoms with Crippen LogP contribution in [0.5, 0.6) is 0 Å². The maximum atomic E-state index is 3.78. The monoisotopic (exact) mass is 405 g/mol. The number of nitrogens with one attached hydrogen (secondary N) is 3. The summed E-state index contributed by atoms with van der Waals surface area (Å²) in [7, 11) is 0. The zero-order chi connectivity index (χ0) is 21.2. The predicted molar refractivity (Wildman–Crippen MR) is 127 cm³/mol. The van der Waals surface area contributed by atoms with Crippen LogP contribution >= 0.6 is 0 Å². The molecule has 31 heavy (non-hydrogen) atoms. The second kappa shape index (κ2) is 8.19.